The number of aryl methyl sites for hydroxylation is 3. The van der Waals surface area contributed by atoms with Crippen molar-refractivity contribution in [2.75, 3.05) is 0 Å². The van der Waals surface area contributed by atoms with E-state index in [-0.39, 0.29) is 0 Å². The second-order valence-corrected chi connectivity index (χ2v) is 4.80. The van der Waals surface area contributed by atoms with Crippen molar-refractivity contribution in [3.63, 3.8) is 0 Å². The first-order valence-electron chi connectivity index (χ1n) is 5.58. The van der Waals surface area contributed by atoms with Crippen LogP contribution in [-0.4, -0.2) is 14.8 Å². The van der Waals surface area contributed by atoms with Crippen molar-refractivity contribution < 1.29 is 0 Å². The summed E-state index contributed by atoms with van der Waals surface area (Å²) in [6, 6.07) is 2.04. The minimum Gasteiger partial charge on any atom is -0.219 e. The van der Waals surface area contributed by atoms with Gasteiger partial charge in [-0.2, -0.15) is 5.10 Å². The third-order valence-corrected chi connectivity index (χ3v) is 3.55. The van der Waals surface area contributed by atoms with Gasteiger partial charge in [0, 0.05) is 5.69 Å². The quantitative estimate of drug-likeness (QED) is 0.725. The van der Waals surface area contributed by atoms with Crippen molar-refractivity contribution in [1.29, 1.82) is 0 Å². The molecule has 0 spiro atoms. The standard InChI is InChI=1S/C13H16ClN3/c1-7-6-8(2)13(15-12(7)14)17-11(5)9(3)10(4)16-17/h6H,1-5H3. The zero-order valence-corrected chi connectivity index (χ0v) is 11.6. The van der Waals surface area contributed by atoms with Crippen molar-refractivity contribution in [1.82, 2.24) is 14.8 Å². The van der Waals surface area contributed by atoms with Crippen LogP contribution in [-0.2, 0) is 0 Å². The topological polar surface area (TPSA) is 30.7 Å². The largest absolute Gasteiger partial charge is 0.219 e. The molecule has 2 heterocycles. The summed E-state index contributed by atoms with van der Waals surface area (Å²) in [6.45, 7) is 10.1. The summed E-state index contributed by atoms with van der Waals surface area (Å²) in [7, 11) is 0. The SMILES string of the molecule is Cc1cc(C)c(-n2nc(C)c(C)c2C)nc1Cl. The van der Waals surface area contributed by atoms with E-state index in [2.05, 4.69) is 17.0 Å². The Morgan fingerprint density at radius 3 is 2.24 bits per heavy atom. The van der Waals surface area contributed by atoms with Gasteiger partial charge in [-0.05, 0) is 57.4 Å². The zero-order valence-electron chi connectivity index (χ0n) is 10.8. The van der Waals surface area contributed by atoms with E-state index < -0.39 is 0 Å². The summed E-state index contributed by atoms with van der Waals surface area (Å²) in [6.07, 6.45) is 0. The van der Waals surface area contributed by atoms with E-state index in [0.29, 0.717) is 5.15 Å². The molecule has 0 saturated carbocycles. The van der Waals surface area contributed by atoms with Gasteiger partial charge in [-0.25, -0.2) is 9.67 Å². The Hall–Kier alpha value is -1.35. The lowest BCUT2D eigenvalue weighted by Crippen LogP contribution is -2.05. The van der Waals surface area contributed by atoms with Crippen molar-refractivity contribution in [3.8, 4) is 5.82 Å². The molecule has 2 aromatic rings. The highest BCUT2D eigenvalue weighted by molar-refractivity contribution is 6.30. The lowest BCUT2D eigenvalue weighted by atomic mass is 10.2. The average molecular weight is 250 g/mol. The van der Waals surface area contributed by atoms with Crippen molar-refractivity contribution in [3.05, 3.63) is 39.3 Å². The molecule has 0 amide bonds. The molecule has 0 N–H and O–H groups in total. The number of hydrogen-bond acceptors (Lipinski definition) is 2. The first-order chi connectivity index (χ1) is 7.91. The number of halogens is 1. The smallest absolute Gasteiger partial charge is 0.158 e. The highest BCUT2D eigenvalue weighted by atomic mass is 35.5. The lowest BCUT2D eigenvalue weighted by molar-refractivity contribution is 0.797. The molecule has 3 nitrogen and oxygen atoms in total. The molecule has 0 saturated heterocycles. The van der Waals surface area contributed by atoms with Gasteiger partial charge in [-0.1, -0.05) is 11.6 Å². The van der Waals surface area contributed by atoms with Crippen LogP contribution < -0.4 is 0 Å². The van der Waals surface area contributed by atoms with E-state index in [1.54, 1.807) is 0 Å². The molecule has 0 aliphatic carbocycles. The normalized spacial score (nSPS) is 10.9. The Bertz CT molecular complexity index is 585. The Morgan fingerprint density at radius 1 is 1.06 bits per heavy atom. The summed E-state index contributed by atoms with van der Waals surface area (Å²) in [5, 5.41) is 5.04. The second kappa shape index (κ2) is 4.15. The number of nitrogens with zero attached hydrogens (tertiary/aromatic N) is 3. The number of pyridine rings is 1. The van der Waals surface area contributed by atoms with Gasteiger partial charge in [0.2, 0.25) is 0 Å². The van der Waals surface area contributed by atoms with Crippen LogP contribution in [0.4, 0.5) is 0 Å². The van der Waals surface area contributed by atoms with Crippen LogP contribution in [0.2, 0.25) is 5.15 Å². The molecule has 0 aliphatic rings. The van der Waals surface area contributed by atoms with Gasteiger partial charge in [-0.3, -0.25) is 0 Å². The van der Waals surface area contributed by atoms with E-state index in [1.165, 1.54) is 5.56 Å². The molecule has 2 rings (SSSR count). The Morgan fingerprint density at radius 2 is 1.71 bits per heavy atom. The second-order valence-electron chi connectivity index (χ2n) is 4.44. The minimum atomic E-state index is 0.538. The minimum absolute atomic E-state index is 0.538. The number of aromatic nitrogens is 3. The molecular formula is C13H16ClN3. The molecule has 0 aliphatic heterocycles. The highest BCUT2D eigenvalue weighted by Gasteiger charge is 2.13. The third-order valence-electron chi connectivity index (χ3n) is 3.17. The Kier molecular flexibility index (Phi) is 2.96. The molecule has 2 aromatic heterocycles. The molecule has 0 fully saturated rings. The van der Waals surface area contributed by atoms with E-state index in [4.69, 9.17) is 11.6 Å². The molecule has 4 heteroatoms. The Balaban J connectivity index is 2.68. The number of hydrogen-bond donors (Lipinski definition) is 0. The fraction of sp³-hybridized carbons (Fsp3) is 0.385. The highest BCUT2D eigenvalue weighted by Crippen LogP contribution is 2.22. The van der Waals surface area contributed by atoms with E-state index in [1.807, 2.05) is 38.4 Å². The van der Waals surface area contributed by atoms with Crippen LogP contribution in [0.15, 0.2) is 6.07 Å². The van der Waals surface area contributed by atoms with Crippen molar-refractivity contribution in [2.45, 2.75) is 34.6 Å². The summed E-state index contributed by atoms with van der Waals surface area (Å²) in [4.78, 5) is 4.42. The van der Waals surface area contributed by atoms with Gasteiger partial charge >= 0.3 is 0 Å². The number of rotatable bonds is 1. The molecule has 0 aromatic carbocycles. The van der Waals surface area contributed by atoms with Gasteiger partial charge in [-0.15, -0.1) is 0 Å². The van der Waals surface area contributed by atoms with Crippen LogP contribution in [0.25, 0.3) is 5.82 Å². The summed E-state index contributed by atoms with van der Waals surface area (Å²) in [5.74, 6) is 0.814. The van der Waals surface area contributed by atoms with Crippen LogP contribution >= 0.6 is 11.6 Å². The maximum Gasteiger partial charge on any atom is 0.158 e. The van der Waals surface area contributed by atoms with Crippen LogP contribution in [0.3, 0.4) is 0 Å². The van der Waals surface area contributed by atoms with E-state index >= 15 is 0 Å². The maximum absolute atomic E-state index is 6.08. The van der Waals surface area contributed by atoms with Crippen molar-refractivity contribution in [2.24, 2.45) is 0 Å². The van der Waals surface area contributed by atoms with Gasteiger partial charge in [0.1, 0.15) is 5.15 Å². The fourth-order valence-corrected chi connectivity index (χ4v) is 1.99. The molecule has 0 bridgehead atoms. The van der Waals surface area contributed by atoms with Crippen LogP contribution in [0, 0.1) is 34.6 Å². The third kappa shape index (κ3) is 1.95. The van der Waals surface area contributed by atoms with Gasteiger partial charge in [0.15, 0.2) is 5.82 Å². The Labute approximate surface area is 106 Å². The molecular weight excluding hydrogens is 234 g/mol. The molecule has 0 radical (unpaired) electrons. The molecule has 0 atom stereocenters. The predicted octanol–water partition coefficient (Wildman–Crippen LogP) is 3.46. The van der Waals surface area contributed by atoms with Gasteiger partial charge in [0.25, 0.3) is 0 Å². The van der Waals surface area contributed by atoms with Gasteiger partial charge in [0.05, 0.1) is 5.69 Å². The lowest BCUT2D eigenvalue weighted by Gasteiger charge is -2.09. The predicted molar refractivity (Wildman–Crippen MR) is 70.1 cm³/mol. The summed E-state index contributed by atoms with van der Waals surface area (Å²) in [5.41, 5.74) is 5.41. The molecule has 90 valence electrons. The van der Waals surface area contributed by atoms with Crippen molar-refractivity contribution >= 4 is 11.6 Å². The van der Waals surface area contributed by atoms with E-state index in [0.717, 1.165) is 28.3 Å². The monoisotopic (exact) mass is 249 g/mol. The maximum atomic E-state index is 6.08. The van der Waals surface area contributed by atoms with Crippen LogP contribution in [0.1, 0.15) is 28.1 Å². The first-order valence-corrected chi connectivity index (χ1v) is 5.96. The first kappa shape index (κ1) is 12.1. The molecule has 0 unspecified atom stereocenters. The van der Waals surface area contributed by atoms with Gasteiger partial charge < -0.3 is 0 Å². The fourth-order valence-electron chi connectivity index (χ4n) is 1.86. The zero-order chi connectivity index (χ0) is 12.7. The van der Waals surface area contributed by atoms with Crippen LogP contribution in [0.5, 0.6) is 0 Å². The molecule has 17 heavy (non-hydrogen) atoms. The average Bonchev–Trinajstić information content (AvgIpc) is 2.51. The summed E-state index contributed by atoms with van der Waals surface area (Å²) < 4.78 is 1.87. The van der Waals surface area contributed by atoms with E-state index in [9.17, 15) is 0 Å². The summed E-state index contributed by atoms with van der Waals surface area (Å²) >= 11 is 6.08.